The second-order valence-corrected chi connectivity index (χ2v) is 23.6. The summed E-state index contributed by atoms with van der Waals surface area (Å²) in [5.74, 6) is 0. The van der Waals surface area contributed by atoms with Gasteiger partial charge in [-0.25, -0.2) is 0 Å². The van der Waals surface area contributed by atoms with Crippen LogP contribution in [0.4, 0.5) is 0 Å². The maximum atomic E-state index is 6.09. The van der Waals surface area contributed by atoms with Gasteiger partial charge in [-0.1, -0.05) is 0 Å². The van der Waals surface area contributed by atoms with E-state index in [1.807, 2.05) is 11.3 Å². The van der Waals surface area contributed by atoms with Crippen LogP contribution in [0.3, 0.4) is 0 Å². The fraction of sp³-hybridized carbons (Fsp3) is 0.692. The van der Waals surface area contributed by atoms with Crippen molar-refractivity contribution in [3.8, 4) is 0 Å². The molecule has 0 saturated carbocycles. The molecule has 18 heavy (non-hydrogen) atoms. The van der Waals surface area contributed by atoms with Crippen molar-refractivity contribution in [2.24, 2.45) is 0 Å². The molecule has 0 radical (unpaired) electrons. The molecule has 2 nitrogen and oxygen atoms in total. The van der Waals surface area contributed by atoms with Crippen LogP contribution in [0.1, 0.15) is 27.7 Å². The van der Waals surface area contributed by atoms with Gasteiger partial charge in [-0.2, -0.15) is 0 Å². The normalized spacial score (nSPS) is 22.5. The molecule has 1 fully saturated rings. The maximum absolute atomic E-state index is 6.09. The summed E-state index contributed by atoms with van der Waals surface area (Å²) in [5.41, 5.74) is -0.486. The standard InChI is InChI=1S/C10H14BO2S.3CH3.Sn/c1-9(2)10(3,4)13-11(12-9)8-6-5-7-14-8;;;;/h5-6H,1-4H3;3*1H3;. The number of thiophene rings is 1. The van der Waals surface area contributed by atoms with Crippen LogP contribution in [0, 0.1) is 0 Å². The van der Waals surface area contributed by atoms with Crippen LogP contribution in [0.15, 0.2) is 12.1 Å². The monoisotopic (exact) mass is 374 g/mol. The van der Waals surface area contributed by atoms with Crippen molar-refractivity contribution in [1.29, 1.82) is 0 Å². The average molecular weight is 373 g/mol. The van der Waals surface area contributed by atoms with E-state index in [0.29, 0.717) is 0 Å². The summed E-state index contributed by atoms with van der Waals surface area (Å²) in [6.45, 7) is 8.41. The van der Waals surface area contributed by atoms with E-state index in [4.69, 9.17) is 9.31 Å². The summed E-state index contributed by atoms with van der Waals surface area (Å²) in [5, 5.41) is 0. The molecule has 2 heterocycles. The summed E-state index contributed by atoms with van der Waals surface area (Å²) < 4.78 is 15.0. The molecular weight excluding hydrogens is 350 g/mol. The van der Waals surface area contributed by atoms with E-state index in [-0.39, 0.29) is 18.3 Å². The van der Waals surface area contributed by atoms with Gasteiger partial charge in [-0.15, -0.1) is 0 Å². The Kier molecular flexibility index (Phi) is 3.72. The summed E-state index contributed by atoms with van der Waals surface area (Å²) >= 11 is -0.0698. The molecule has 0 spiro atoms. The van der Waals surface area contributed by atoms with Crippen LogP contribution >= 0.6 is 11.3 Å². The van der Waals surface area contributed by atoms with Gasteiger partial charge in [0.05, 0.1) is 0 Å². The van der Waals surface area contributed by atoms with Crippen molar-refractivity contribution >= 4 is 44.5 Å². The Morgan fingerprint density at radius 1 is 1.00 bits per heavy atom. The molecule has 1 saturated heterocycles. The van der Waals surface area contributed by atoms with Gasteiger partial charge < -0.3 is 0 Å². The molecule has 0 atom stereocenters. The zero-order valence-electron chi connectivity index (χ0n) is 12.5. The Balaban J connectivity index is 2.23. The Morgan fingerprint density at radius 2 is 1.50 bits per heavy atom. The number of hydrogen-bond acceptors (Lipinski definition) is 3. The quantitative estimate of drug-likeness (QED) is 0.743. The van der Waals surface area contributed by atoms with E-state index in [1.165, 1.54) is 4.78 Å². The minimum absolute atomic E-state index is 0.192. The molecule has 0 aliphatic carbocycles. The zero-order chi connectivity index (χ0) is 13.8. The summed E-state index contributed by atoms with van der Waals surface area (Å²) in [6.07, 6.45) is 0. The molecule has 2 rings (SSSR count). The van der Waals surface area contributed by atoms with Crippen LogP contribution in [-0.2, 0) is 9.31 Å². The van der Waals surface area contributed by atoms with Gasteiger partial charge in [-0.05, 0) is 0 Å². The molecule has 100 valence electrons. The molecule has 0 amide bonds. The van der Waals surface area contributed by atoms with Crippen molar-refractivity contribution in [2.45, 2.75) is 53.7 Å². The molecule has 1 aliphatic heterocycles. The average Bonchev–Trinajstić information content (AvgIpc) is 2.69. The molecule has 1 aliphatic rings. The van der Waals surface area contributed by atoms with Gasteiger partial charge in [0.2, 0.25) is 0 Å². The Morgan fingerprint density at radius 3 is 1.89 bits per heavy atom. The van der Waals surface area contributed by atoms with Crippen molar-refractivity contribution in [2.75, 3.05) is 0 Å². The summed E-state index contributed by atoms with van der Waals surface area (Å²) in [4.78, 5) is 7.32. The van der Waals surface area contributed by atoms with E-state index < -0.39 is 18.4 Å². The number of rotatable bonds is 2. The van der Waals surface area contributed by atoms with Crippen molar-refractivity contribution in [3.05, 3.63) is 12.1 Å². The van der Waals surface area contributed by atoms with Crippen molar-refractivity contribution in [3.63, 3.8) is 0 Å². The van der Waals surface area contributed by atoms with Crippen LogP contribution in [-0.4, -0.2) is 36.7 Å². The first-order chi connectivity index (χ1) is 8.03. The van der Waals surface area contributed by atoms with Crippen LogP contribution < -0.4 is 7.67 Å². The first kappa shape index (κ1) is 14.9. The van der Waals surface area contributed by atoms with Crippen LogP contribution in [0.25, 0.3) is 0 Å². The topological polar surface area (TPSA) is 18.5 Å². The van der Waals surface area contributed by atoms with Crippen LogP contribution in [0.2, 0.25) is 14.8 Å². The third kappa shape index (κ3) is 2.67. The first-order valence-corrected chi connectivity index (χ1v) is 17.3. The molecule has 0 unspecified atom stereocenters. The molecule has 0 bridgehead atoms. The summed E-state index contributed by atoms with van der Waals surface area (Å²) in [6, 6.07) is 4.46. The predicted octanol–water partition coefficient (Wildman–Crippen LogP) is 2.59. The van der Waals surface area contributed by atoms with Gasteiger partial charge in [0, 0.05) is 0 Å². The molecule has 1 aromatic rings. The van der Waals surface area contributed by atoms with Crippen LogP contribution in [0.5, 0.6) is 0 Å². The Bertz CT molecular complexity index is 432. The van der Waals surface area contributed by atoms with E-state index in [2.05, 4.69) is 54.6 Å². The number of hydrogen-bond donors (Lipinski definition) is 0. The van der Waals surface area contributed by atoms with E-state index in [1.54, 1.807) is 2.89 Å². The molecule has 5 heteroatoms. The molecular formula is C13H23BO2SSn. The second kappa shape index (κ2) is 4.50. The summed E-state index contributed by atoms with van der Waals surface area (Å²) in [7, 11) is -0.192. The Hall–Kier alpha value is 0.484. The Labute approximate surface area is 119 Å². The molecule has 0 aromatic carbocycles. The molecule has 1 aromatic heterocycles. The van der Waals surface area contributed by atoms with Gasteiger partial charge in [-0.3, -0.25) is 0 Å². The fourth-order valence-electron chi connectivity index (χ4n) is 1.84. The fourth-order valence-corrected chi connectivity index (χ4v) is 8.16. The van der Waals surface area contributed by atoms with Gasteiger partial charge in [0.1, 0.15) is 0 Å². The van der Waals surface area contributed by atoms with Gasteiger partial charge in [0.25, 0.3) is 0 Å². The SMILES string of the molecule is CC1(C)OB(c2cc[c]([Sn]([CH3])([CH3])[CH3])s2)OC1(C)C. The predicted molar refractivity (Wildman–Crippen MR) is 83.0 cm³/mol. The van der Waals surface area contributed by atoms with E-state index in [9.17, 15) is 0 Å². The van der Waals surface area contributed by atoms with Gasteiger partial charge >= 0.3 is 120 Å². The van der Waals surface area contributed by atoms with Crippen molar-refractivity contribution < 1.29 is 9.31 Å². The third-order valence-corrected chi connectivity index (χ3v) is 14.4. The van der Waals surface area contributed by atoms with E-state index >= 15 is 0 Å². The second-order valence-electron chi connectivity index (χ2n) is 7.04. The molecule has 0 N–H and O–H groups in total. The minimum atomic E-state index is -1.95. The van der Waals surface area contributed by atoms with Crippen molar-refractivity contribution in [1.82, 2.24) is 0 Å². The first-order valence-electron chi connectivity index (χ1n) is 6.49. The van der Waals surface area contributed by atoms with E-state index in [0.717, 1.165) is 0 Å². The third-order valence-electron chi connectivity index (χ3n) is 3.85. The van der Waals surface area contributed by atoms with Gasteiger partial charge in [0.15, 0.2) is 0 Å². The zero-order valence-corrected chi connectivity index (χ0v) is 16.1.